The van der Waals surface area contributed by atoms with Crippen LogP contribution in [0.3, 0.4) is 0 Å². The van der Waals surface area contributed by atoms with Crippen molar-refractivity contribution in [1.82, 2.24) is 4.57 Å². The quantitative estimate of drug-likeness (QED) is 0.172. The van der Waals surface area contributed by atoms with E-state index in [0.29, 0.717) is 0 Å². The number of benzene rings is 9. The SMILES string of the molecule is c1ccc(N(c2ccc(-c3ccc4ccc(-c5ccc6ccccc6c5)cc4c3)cc2)c2ccc(-n3c4ccccc4c4ccccc43)cc2)cc1. The van der Waals surface area contributed by atoms with Gasteiger partial charge in [-0.1, -0.05) is 127 Å². The monoisotopic (exact) mass is 662 g/mol. The molecule has 2 nitrogen and oxygen atoms in total. The summed E-state index contributed by atoms with van der Waals surface area (Å²) in [5.74, 6) is 0. The summed E-state index contributed by atoms with van der Waals surface area (Å²) in [6, 6.07) is 74.7. The topological polar surface area (TPSA) is 8.17 Å². The molecule has 10 rings (SSSR count). The van der Waals surface area contributed by atoms with Gasteiger partial charge >= 0.3 is 0 Å². The lowest BCUT2D eigenvalue weighted by Gasteiger charge is -2.26. The molecule has 244 valence electrons. The first-order chi connectivity index (χ1) is 25.8. The molecule has 9 aromatic carbocycles. The first-order valence-corrected chi connectivity index (χ1v) is 17.8. The van der Waals surface area contributed by atoms with E-state index >= 15 is 0 Å². The molecule has 1 aromatic heterocycles. The first kappa shape index (κ1) is 30.0. The largest absolute Gasteiger partial charge is 0.311 e. The molecule has 2 heteroatoms. The molecule has 0 unspecified atom stereocenters. The Balaban J connectivity index is 0.993. The Kier molecular flexibility index (Phi) is 7.18. The zero-order chi connectivity index (χ0) is 34.4. The van der Waals surface area contributed by atoms with Gasteiger partial charge in [0.05, 0.1) is 11.0 Å². The fourth-order valence-corrected chi connectivity index (χ4v) is 7.75. The predicted molar refractivity (Wildman–Crippen MR) is 221 cm³/mol. The number of hydrogen-bond acceptors (Lipinski definition) is 1. The highest BCUT2D eigenvalue weighted by molar-refractivity contribution is 6.09. The van der Waals surface area contributed by atoms with Gasteiger partial charge in [-0.25, -0.2) is 0 Å². The molecule has 0 aliphatic heterocycles. The Morgan fingerprint density at radius 3 is 1.33 bits per heavy atom. The van der Waals surface area contributed by atoms with Crippen LogP contribution >= 0.6 is 0 Å². The standard InChI is InChI=1S/C50H34N2/c1-2-12-43(13-3-1)51(45-28-30-46(31-29-45)52-49-16-8-6-14-47(49)48-15-7-9-17-50(48)52)44-26-24-36(25-27-44)39-21-19-37-20-23-41(34-42(37)33-39)40-22-18-35-10-4-5-11-38(35)32-40/h1-34H. The van der Waals surface area contributed by atoms with E-state index in [2.05, 4.69) is 216 Å². The van der Waals surface area contributed by atoms with E-state index in [9.17, 15) is 0 Å². The molecule has 10 aromatic rings. The number of nitrogens with zero attached hydrogens (tertiary/aromatic N) is 2. The molecule has 0 fully saturated rings. The van der Waals surface area contributed by atoms with E-state index in [4.69, 9.17) is 0 Å². The second kappa shape index (κ2) is 12.5. The van der Waals surface area contributed by atoms with E-state index in [1.807, 2.05) is 0 Å². The number of aromatic nitrogens is 1. The minimum atomic E-state index is 1.11. The average Bonchev–Trinajstić information content (AvgIpc) is 3.56. The van der Waals surface area contributed by atoms with Crippen LogP contribution in [0.2, 0.25) is 0 Å². The molecule has 0 saturated heterocycles. The van der Waals surface area contributed by atoms with E-state index in [1.54, 1.807) is 0 Å². The number of anilines is 3. The van der Waals surface area contributed by atoms with Crippen molar-refractivity contribution in [2.75, 3.05) is 4.90 Å². The Bertz CT molecular complexity index is 2830. The Morgan fingerprint density at radius 1 is 0.288 bits per heavy atom. The molecular formula is C50H34N2. The molecule has 0 atom stereocenters. The van der Waals surface area contributed by atoms with Crippen molar-refractivity contribution in [2.45, 2.75) is 0 Å². The summed E-state index contributed by atoms with van der Waals surface area (Å²) in [7, 11) is 0. The van der Waals surface area contributed by atoms with Gasteiger partial charge in [-0.05, 0) is 123 Å². The van der Waals surface area contributed by atoms with Crippen LogP contribution in [0.4, 0.5) is 17.1 Å². The highest BCUT2D eigenvalue weighted by atomic mass is 15.1. The van der Waals surface area contributed by atoms with Gasteiger partial charge in [-0.3, -0.25) is 0 Å². The lowest BCUT2D eigenvalue weighted by molar-refractivity contribution is 1.17. The second-order valence-corrected chi connectivity index (χ2v) is 13.4. The van der Waals surface area contributed by atoms with Crippen LogP contribution in [0.15, 0.2) is 206 Å². The van der Waals surface area contributed by atoms with Gasteiger partial charge in [0.1, 0.15) is 0 Å². The second-order valence-electron chi connectivity index (χ2n) is 13.4. The number of para-hydroxylation sites is 3. The molecule has 0 aliphatic rings. The van der Waals surface area contributed by atoms with Crippen molar-refractivity contribution >= 4 is 60.4 Å². The van der Waals surface area contributed by atoms with E-state index in [0.717, 1.165) is 22.7 Å². The fraction of sp³-hybridized carbons (Fsp3) is 0. The normalized spacial score (nSPS) is 11.5. The Morgan fingerprint density at radius 2 is 0.712 bits per heavy atom. The minimum Gasteiger partial charge on any atom is -0.311 e. The summed E-state index contributed by atoms with van der Waals surface area (Å²) in [6.45, 7) is 0. The summed E-state index contributed by atoms with van der Waals surface area (Å²) < 4.78 is 2.37. The summed E-state index contributed by atoms with van der Waals surface area (Å²) in [4.78, 5) is 2.33. The average molecular weight is 663 g/mol. The van der Waals surface area contributed by atoms with Crippen molar-refractivity contribution in [3.8, 4) is 27.9 Å². The molecule has 52 heavy (non-hydrogen) atoms. The summed E-state index contributed by atoms with van der Waals surface area (Å²) in [5.41, 5.74) is 11.8. The fourth-order valence-electron chi connectivity index (χ4n) is 7.75. The number of rotatable bonds is 6. The van der Waals surface area contributed by atoms with Crippen LogP contribution in [-0.2, 0) is 0 Å². The van der Waals surface area contributed by atoms with Gasteiger partial charge in [0.15, 0.2) is 0 Å². The summed E-state index contributed by atoms with van der Waals surface area (Å²) >= 11 is 0. The molecule has 1 heterocycles. The van der Waals surface area contributed by atoms with Crippen LogP contribution in [0.25, 0.3) is 71.3 Å². The predicted octanol–water partition coefficient (Wildman–Crippen LogP) is 13.9. The molecule has 0 spiro atoms. The van der Waals surface area contributed by atoms with Gasteiger partial charge in [-0.15, -0.1) is 0 Å². The Hall–Kier alpha value is -6.90. The molecule has 0 aliphatic carbocycles. The first-order valence-electron chi connectivity index (χ1n) is 17.8. The molecular weight excluding hydrogens is 629 g/mol. The van der Waals surface area contributed by atoms with Gasteiger partial charge in [0.25, 0.3) is 0 Å². The molecule has 0 bridgehead atoms. The number of fused-ring (bicyclic) bond motifs is 5. The van der Waals surface area contributed by atoms with Crippen LogP contribution in [0.1, 0.15) is 0 Å². The van der Waals surface area contributed by atoms with E-state index in [1.165, 1.54) is 65.6 Å². The smallest absolute Gasteiger partial charge is 0.0541 e. The third-order valence-electron chi connectivity index (χ3n) is 10.3. The zero-order valence-corrected chi connectivity index (χ0v) is 28.5. The lowest BCUT2D eigenvalue weighted by Crippen LogP contribution is -2.10. The van der Waals surface area contributed by atoms with Crippen LogP contribution in [0.5, 0.6) is 0 Å². The van der Waals surface area contributed by atoms with Crippen molar-refractivity contribution in [2.24, 2.45) is 0 Å². The van der Waals surface area contributed by atoms with Crippen molar-refractivity contribution in [3.05, 3.63) is 206 Å². The number of hydrogen-bond donors (Lipinski definition) is 0. The maximum absolute atomic E-state index is 2.37. The van der Waals surface area contributed by atoms with Crippen molar-refractivity contribution < 1.29 is 0 Å². The third kappa shape index (κ3) is 5.21. The molecule has 0 radical (unpaired) electrons. The van der Waals surface area contributed by atoms with Crippen LogP contribution < -0.4 is 4.90 Å². The van der Waals surface area contributed by atoms with Gasteiger partial charge in [-0.2, -0.15) is 0 Å². The highest BCUT2D eigenvalue weighted by Gasteiger charge is 2.15. The molecule has 0 saturated carbocycles. The Labute approximate surface area is 303 Å². The third-order valence-corrected chi connectivity index (χ3v) is 10.3. The van der Waals surface area contributed by atoms with Gasteiger partial charge in [0, 0.05) is 33.5 Å². The van der Waals surface area contributed by atoms with Crippen LogP contribution in [0, 0.1) is 0 Å². The maximum Gasteiger partial charge on any atom is 0.0541 e. The summed E-state index contributed by atoms with van der Waals surface area (Å²) in [5, 5.41) is 7.54. The zero-order valence-electron chi connectivity index (χ0n) is 28.5. The lowest BCUT2D eigenvalue weighted by atomic mass is 9.96. The van der Waals surface area contributed by atoms with E-state index in [-0.39, 0.29) is 0 Å². The highest BCUT2D eigenvalue weighted by Crippen LogP contribution is 2.38. The maximum atomic E-state index is 2.37. The molecule has 0 amide bonds. The van der Waals surface area contributed by atoms with Crippen molar-refractivity contribution in [1.29, 1.82) is 0 Å². The van der Waals surface area contributed by atoms with Gasteiger partial charge in [0.2, 0.25) is 0 Å². The van der Waals surface area contributed by atoms with E-state index < -0.39 is 0 Å². The van der Waals surface area contributed by atoms with Crippen molar-refractivity contribution in [3.63, 3.8) is 0 Å². The molecule has 0 N–H and O–H groups in total. The van der Waals surface area contributed by atoms with Gasteiger partial charge < -0.3 is 9.47 Å². The summed E-state index contributed by atoms with van der Waals surface area (Å²) in [6.07, 6.45) is 0. The van der Waals surface area contributed by atoms with Crippen LogP contribution in [-0.4, -0.2) is 4.57 Å². The minimum absolute atomic E-state index is 1.11.